The molecule has 0 amide bonds. The largest absolute Gasteiger partial charge is 0.368 e. The molecule has 5 heteroatoms. The smallest absolute Gasteiger partial charge is 0.223 e. The summed E-state index contributed by atoms with van der Waals surface area (Å²) >= 11 is 1.78. The lowest BCUT2D eigenvalue weighted by Gasteiger charge is -2.16. The van der Waals surface area contributed by atoms with Crippen molar-refractivity contribution in [1.82, 2.24) is 15.0 Å². The Hall–Kier alpha value is -0.840. The van der Waals surface area contributed by atoms with Crippen LogP contribution in [0.1, 0.15) is 39.3 Å². The van der Waals surface area contributed by atoms with E-state index in [1.165, 1.54) is 0 Å². The molecule has 0 aromatic carbocycles. The minimum Gasteiger partial charge on any atom is -0.368 e. The first-order valence-corrected chi connectivity index (χ1v) is 6.17. The van der Waals surface area contributed by atoms with E-state index >= 15 is 0 Å². The third kappa shape index (κ3) is 3.66. The minimum atomic E-state index is -0.0807. The average molecular weight is 226 g/mol. The number of nitrogens with zero attached hydrogens (tertiary/aromatic N) is 3. The number of nitrogens with two attached hydrogens (primary N) is 1. The lowest BCUT2D eigenvalue weighted by molar-refractivity contribution is 0.539. The minimum absolute atomic E-state index is 0.0807. The summed E-state index contributed by atoms with van der Waals surface area (Å²) in [5.41, 5.74) is 5.58. The Labute approximate surface area is 95.1 Å². The number of anilines is 1. The van der Waals surface area contributed by atoms with Crippen molar-refractivity contribution in [1.29, 1.82) is 0 Å². The molecule has 0 aliphatic rings. The predicted octanol–water partition coefficient (Wildman–Crippen LogP) is 2.00. The van der Waals surface area contributed by atoms with Crippen molar-refractivity contribution in [3.63, 3.8) is 0 Å². The first-order valence-electron chi connectivity index (χ1n) is 5.02. The SMILES string of the molecule is CCSCc1nc(N)nc(C(C)(C)C)n1. The van der Waals surface area contributed by atoms with Crippen LogP contribution in [0.15, 0.2) is 0 Å². The Morgan fingerprint density at radius 3 is 2.40 bits per heavy atom. The third-order valence-corrected chi connectivity index (χ3v) is 2.68. The Balaban J connectivity index is 2.95. The van der Waals surface area contributed by atoms with Gasteiger partial charge in [0, 0.05) is 5.41 Å². The highest BCUT2D eigenvalue weighted by molar-refractivity contribution is 7.98. The Morgan fingerprint density at radius 1 is 1.20 bits per heavy atom. The van der Waals surface area contributed by atoms with Gasteiger partial charge in [-0.1, -0.05) is 27.7 Å². The molecule has 0 saturated carbocycles. The quantitative estimate of drug-likeness (QED) is 0.854. The topological polar surface area (TPSA) is 64.7 Å². The van der Waals surface area contributed by atoms with Crippen molar-refractivity contribution >= 4 is 17.7 Å². The van der Waals surface area contributed by atoms with Crippen LogP contribution in [0.4, 0.5) is 5.95 Å². The molecule has 0 fully saturated rings. The molecule has 0 atom stereocenters. The highest BCUT2D eigenvalue weighted by Gasteiger charge is 2.19. The third-order valence-electron chi connectivity index (χ3n) is 1.81. The summed E-state index contributed by atoms with van der Waals surface area (Å²) in [4.78, 5) is 12.7. The molecule has 0 spiro atoms. The molecular weight excluding hydrogens is 208 g/mol. The van der Waals surface area contributed by atoms with Gasteiger partial charge in [0.15, 0.2) is 0 Å². The summed E-state index contributed by atoms with van der Waals surface area (Å²) in [5.74, 6) is 3.71. The van der Waals surface area contributed by atoms with Crippen LogP contribution in [0.3, 0.4) is 0 Å². The second-order valence-corrected chi connectivity index (χ2v) is 5.59. The zero-order valence-corrected chi connectivity index (χ0v) is 10.6. The van der Waals surface area contributed by atoms with Crippen LogP contribution in [-0.4, -0.2) is 20.7 Å². The van der Waals surface area contributed by atoms with Gasteiger partial charge >= 0.3 is 0 Å². The van der Waals surface area contributed by atoms with Crippen LogP contribution in [-0.2, 0) is 11.2 Å². The molecule has 1 rings (SSSR count). The van der Waals surface area contributed by atoms with E-state index in [2.05, 4.69) is 42.6 Å². The molecular formula is C10H18N4S. The summed E-state index contributed by atoms with van der Waals surface area (Å²) < 4.78 is 0. The molecule has 1 aromatic rings. The van der Waals surface area contributed by atoms with Gasteiger partial charge in [0.2, 0.25) is 5.95 Å². The van der Waals surface area contributed by atoms with Crippen molar-refractivity contribution < 1.29 is 0 Å². The van der Waals surface area contributed by atoms with Crippen LogP contribution in [0.2, 0.25) is 0 Å². The van der Waals surface area contributed by atoms with Crippen LogP contribution >= 0.6 is 11.8 Å². The summed E-state index contributed by atoms with van der Waals surface area (Å²) in [7, 11) is 0. The van der Waals surface area contributed by atoms with Crippen molar-refractivity contribution in [2.45, 2.75) is 38.9 Å². The van der Waals surface area contributed by atoms with Crippen LogP contribution in [0.5, 0.6) is 0 Å². The fourth-order valence-electron chi connectivity index (χ4n) is 1.03. The van der Waals surface area contributed by atoms with E-state index < -0.39 is 0 Å². The summed E-state index contributed by atoms with van der Waals surface area (Å²) in [6.45, 7) is 8.31. The van der Waals surface area contributed by atoms with Gasteiger partial charge < -0.3 is 5.73 Å². The van der Waals surface area contributed by atoms with Crippen LogP contribution < -0.4 is 5.73 Å². The van der Waals surface area contributed by atoms with Gasteiger partial charge in [-0.25, -0.2) is 4.98 Å². The maximum Gasteiger partial charge on any atom is 0.223 e. The van der Waals surface area contributed by atoms with E-state index in [9.17, 15) is 0 Å². The number of rotatable bonds is 3. The van der Waals surface area contributed by atoms with Crippen molar-refractivity contribution in [2.75, 3.05) is 11.5 Å². The molecule has 0 radical (unpaired) electrons. The Bertz CT molecular complexity index is 333. The maximum absolute atomic E-state index is 5.66. The molecule has 0 aliphatic heterocycles. The van der Waals surface area contributed by atoms with E-state index in [4.69, 9.17) is 5.73 Å². The standard InChI is InChI=1S/C10H18N4S/c1-5-15-6-7-12-8(10(2,3)4)14-9(11)13-7/h5-6H2,1-4H3,(H2,11,12,13,14). The first-order chi connectivity index (χ1) is 6.93. The van der Waals surface area contributed by atoms with Gasteiger partial charge in [0.25, 0.3) is 0 Å². The highest BCUT2D eigenvalue weighted by Crippen LogP contribution is 2.19. The normalized spacial score (nSPS) is 11.7. The highest BCUT2D eigenvalue weighted by atomic mass is 32.2. The van der Waals surface area contributed by atoms with Gasteiger partial charge in [0.05, 0.1) is 5.75 Å². The lowest BCUT2D eigenvalue weighted by Crippen LogP contribution is -2.19. The second kappa shape index (κ2) is 4.79. The number of hydrogen-bond acceptors (Lipinski definition) is 5. The molecule has 0 aliphatic carbocycles. The van der Waals surface area contributed by atoms with Gasteiger partial charge in [-0.3, -0.25) is 0 Å². The molecule has 1 heterocycles. The van der Waals surface area contributed by atoms with E-state index in [0.717, 1.165) is 23.2 Å². The fraction of sp³-hybridized carbons (Fsp3) is 0.700. The molecule has 0 saturated heterocycles. The van der Waals surface area contributed by atoms with Crippen LogP contribution in [0, 0.1) is 0 Å². The molecule has 15 heavy (non-hydrogen) atoms. The predicted molar refractivity (Wildman–Crippen MR) is 64.8 cm³/mol. The maximum atomic E-state index is 5.66. The number of hydrogen-bond donors (Lipinski definition) is 1. The number of aromatic nitrogens is 3. The van der Waals surface area contributed by atoms with E-state index in [1.54, 1.807) is 11.8 Å². The Kier molecular flexibility index (Phi) is 3.90. The molecule has 0 bridgehead atoms. The van der Waals surface area contributed by atoms with Crippen molar-refractivity contribution in [3.8, 4) is 0 Å². The zero-order chi connectivity index (χ0) is 11.5. The molecule has 84 valence electrons. The fourth-order valence-corrected chi connectivity index (χ4v) is 1.55. The van der Waals surface area contributed by atoms with Crippen molar-refractivity contribution in [3.05, 3.63) is 11.6 Å². The number of nitrogen functional groups attached to an aromatic ring is 1. The summed E-state index contributed by atoms with van der Waals surface area (Å²) in [6, 6.07) is 0. The van der Waals surface area contributed by atoms with Gasteiger partial charge in [-0.05, 0) is 5.75 Å². The second-order valence-electron chi connectivity index (χ2n) is 4.32. The average Bonchev–Trinajstić information content (AvgIpc) is 2.12. The lowest BCUT2D eigenvalue weighted by atomic mass is 9.96. The van der Waals surface area contributed by atoms with Gasteiger partial charge in [-0.15, -0.1) is 0 Å². The van der Waals surface area contributed by atoms with E-state index in [-0.39, 0.29) is 5.41 Å². The van der Waals surface area contributed by atoms with Crippen LogP contribution in [0.25, 0.3) is 0 Å². The number of thioether (sulfide) groups is 1. The molecule has 4 nitrogen and oxygen atoms in total. The summed E-state index contributed by atoms with van der Waals surface area (Å²) in [5, 5.41) is 0. The first kappa shape index (κ1) is 12.2. The zero-order valence-electron chi connectivity index (χ0n) is 9.74. The molecule has 2 N–H and O–H groups in total. The van der Waals surface area contributed by atoms with Crippen molar-refractivity contribution in [2.24, 2.45) is 0 Å². The van der Waals surface area contributed by atoms with Gasteiger partial charge in [0.1, 0.15) is 11.6 Å². The molecule has 1 aromatic heterocycles. The summed E-state index contributed by atoms with van der Waals surface area (Å²) in [6.07, 6.45) is 0. The molecule has 0 unspecified atom stereocenters. The van der Waals surface area contributed by atoms with E-state index in [1.807, 2.05) is 0 Å². The van der Waals surface area contributed by atoms with E-state index in [0.29, 0.717) is 5.95 Å². The monoisotopic (exact) mass is 226 g/mol. The Morgan fingerprint density at radius 2 is 1.87 bits per heavy atom. The van der Waals surface area contributed by atoms with Gasteiger partial charge in [-0.2, -0.15) is 21.7 Å².